The van der Waals surface area contributed by atoms with Crippen molar-refractivity contribution in [3.63, 3.8) is 0 Å². The molecule has 144 valence electrons. The summed E-state index contributed by atoms with van der Waals surface area (Å²) in [4.78, 5) is 28.5. The molecule has 1 aromatic rings. The summed E-state index contributed by atoms with van der Waals surface area (Å²) < 4.78 is 13.1. The number of halogens is 1. The molecule has 26 heavy (non-hydrogen) atoms. The van der Waals surface area contributed by atoms with Crippen molar-refractivity contribution in [2.24, 2.45) is 11.8 Å². The number of hydrogen-bond acceptors (Lipinski definition) is 3. The highest BCUT2D eigenvalue weighted by atomic mass is 19.1. The fourth-order valence-electron chi connectivity index (χ4n) is 3.22. The van der Waals surface area contributed by atoms with E-state index in [9.17, 15) is 14.0 Å². The Morgan fingerprint density at radius 2 is 1.62 bits per heavy atom. The van der Waals surface area contributed by atoms with Crippen LogP contribution in [0.3, 0.4) is 0 Å². The van der Waals surface area contributed by atoms with Gasteiger partial charge in [-0.25, -0.2) is 4.39 Å². The van der Waals surface area contributed by atoms with Crippen molar-refractivity contribution in [2.45, 2.75) is 33.7 Å². The van der Waals surface area contributed by atoms with Crippen LogP contribution in [0.15, 0.2) is 24.3 Å². The summed E-state index contributed by atoms with van der Waals surface area (Å²) in [7, 11) is 0. The molecule has 1 aliphatic rings. The number of hydrogen-bond donors (Lipinski definition) is 1. The Balaban J connectivity index is 1.87. The van der Waals surface area contributed by atoms with E-state index in [-0.39, 0.29) is 35.5 Å². The maximum absolute atomic E-state index is 13.1. The molecule has 1 aliphatic heterocycles. The van der Waals surface area contributed by atoms with Gasteiger partial charge in [-0.05, 0) is 23.6 Å². The summed E-state index contributed by atoms with van der Waals surface area (Å²) in [5.74, 6) is 0.0515. The highest BCUT2D eigenvalue weighted by Crippen LogP contribution is 2.22. The molecule has 2 rings (SSSR count). The molecular formula is C20H30FN3O2. The van der Waals surface area contributed by atoms with Crippen molar-refractivity contribution in [3.05, 3.63) is 35.6 Å². The number of piperazine rings is 1. The van der Waals surface area contributed by atoms with Crippen LogP contribution in [0.1, 0.15) is 39.3 Å². The molecular weight excluding hydrogens is 333 g/mol. The second-order valence-electron chi connectivity index (χ2n) is 7.60. The molecule has 5 nitrogen and oxygen atoms in total. The van der Waals surface area contributed by atoms with E-state index in [1.807, 2.05) is 32.6 Å². The van der Waals surface area contributed by atoms with Crippen LogP contribution >= 0.6 is 0 Å². The van der Waals surface area contributed by atoms with Crippen molar-refractivity contribution < 1.29 is 14.0 Å². The van der Waals surface area contributed by atoms with Crippen LogP contribution in [0.5, 0.6) is 0 Å². The first kappa shape index (κ1) is 20.4. The molecule has 0 spiro atoms. The Morgan fingerprint density at radius 3 is 2.12 bits per heavy atom. The van der Waals surface area contributed by atoms with Crippen molar-refractivity contribution in [3.8, 4) is 0 Å². The summed E-state index contributed by atoms with van der Waals surface area (Å²) in [6, 6.07) is 6.13. The van der Waals surface area contributed by atoms with Crippen LogP contribution in [0.25, 0.3) is 0 Å². The number of nitrogens with one attached hydrogen (secondary N) is 1. The average molecular weight is 363 g/mol. The van der Waals surface area contributed by atoms with Gasteiger partial charge in [0.2, 0.25) is 11.8 Å². The minimum Gasteiger partial charge on any atom is -0.348 e. The molecule has 6 heteroatoms. The maximum atomic E-state index is 13.1. The van der Waals surface area contributed by atoms with E-state index < -0.39 is 0 Å². The molecule has 1 saturated heterocycles. The van der Waals surface area contributed by atoms with E-state index in [1.165, 1.54) is 12.1 Å². The Labute approximate surface area is 155 Å². The summed E-state index contributed by atoms with van der Waals surface area (Å²) >= 11 is 0. The predicted octanol–water partition coefficient (Wildman–Crippen LogP) is 2.44. The highest BCUT2D eigenvalue weighted by molar-refractivity contribution is 5.79. The highest BCUT2D eigenvalue weighted by Gasteiger charge is 2.25. The molecule has 2 amide bonds. The fraction of sp³-hybridized carbons (Fsp3) is 0.600. The second kappa shape index (κ2) is 9.12. The molecule has 1 unspecified atom stereocenters. The number of benzene rings is 1. The number of amides is 2. The molecule has 1 aromatic carbocycles. The van der Waals surface area contributed by atoms with Gasteiger partial charge in [0.05, 0.1) is 12.6 Å². The van der Waals surface area contributed by atoms with Crippen LogP contribution < -0.4 is 5.32 Å². The predicted molar refractivity (Wildman–Crippen MR) is 100.0 cm³/mol. The van der Waals surface area contributed by atoms with Gasteiger partial charge in [-0.15, -0.1) is 0 Å². The third-order valence-corrected chi connectivity index (χ3v) is 4.76. The Hall–Kier alpha value is -1.95. The lowest BCUT2D eigenvalue weighted by Gasteiger charge is -2.35. The fourth-order valence-corrected chi connectivity index (χ4v) is 3.22. The van der Waals surface area contributed by atoms with E-state index in [1.54, 1.807) is 12.1 Å². The van der Waals surface area contributed by atoms with E-state index >= 15 is 0 Å². The number of carbonyl (C=O) groups excluding carboxylic acids is 2. The molecule has 0 saturated carbocycles. The second-order valence-corrected chi connectivity index (χ2v) is 7.60. The third kappa shape index (κ3) is 5.53. The zero-order valence-electron chi connectivity index (χ0n) is 16.2. The summed E-state index contributed by atoms with van der Waals surface area (Å²) in [6.45, 7) is 10.9. The van der Waals surface area contributed by atoms with E-state index in [0.717, 1.165) is 5.56 Å². The Kier molecular flexibility index (Phi) is 7.14. The Morgan fingerprint density at radius 1 is 1.04 bits per heavy atom. The molecule has 0 aliphatic carbocycles. The normalized spacial score (nSPS) is 16.8. The van der Waals surface area contributed by atoms with Crippen LogP contribution in [0, 0.1) is 17.7 Å². The van der Waals surface area contributed by atoms with Gasteiger partial charge in [-0.1, -0.05) is 39.8 Å². The zero-order chi connectivity index (χ0) is 19.3. The topological polar surface area (TPSA) is 52.7 Å². The lowest BCUT2D eigenvalue weighted by atomic mass is 9.96. The summed E-state index contributed by atoms with van der Waals surface area (Å²) in [6.07, 6.45) is 0. The van der Waals surface area contributed by atoms with Gasteiger partial charge in [-0.3, -0.25) is 14.5 Å². The standard InChI is InChI=1S/C20H30FN3O2/c1-14(2)19(16-5-7-17(21)8-6-16)22-18(25)13-23-9-11-24(12-10-23)20(26)15(3)4/h5-8,14-15,19H,9-13H2,1-4H3,(H,22,25). The SMILES string of the molecule is CC(C)C(=O)N1CCN(CC(=O)NC(c2ccc(F)cc2)C(C)C)CC1. The van der Waals surface area contributed by atoms with E-state index in [2.05, 4.69) is 10.2 Å². The zero-order valence-corrected chi connectivity index (χ0v) is 16.2. The maximum Gasteiger partial charge on any atom is 0.234 e. The lowest BCUT2D eigenvalue weighted by Crippen LogP contribution is -2.52. The van der Waals surface area contributed by atoms with E-state index in [4.69, 9.17) is 0 Å². The van der Waals surface area contributed by atoms with Gasteiger partial charge in [0.25, 0.3) is 0 Å². The monoisotopic (exact) mass is 363 g/mol. The number of rotatable bonds is 6. The van der Waals surface area contributed by atoms with Gasteiger partial charge in [0.15, 0.2) is 0 Å². The van der Waals surface area contributed by atoms with Gasteiger partial charge < -0.3 is 10.2 Å². The van der Waals surface area contributed by atoms with Crippen molar-refractivity contribution in [2.75, 3.05) is 32.7 Å². The molecule has 1 heterocycles. The van der Waals surface area contributed by atoms with Crippen LogP contribution in [0.2, 0.25) is 0 Å². The van der Waals surface area contributed by atoms with Gasteiger partial charge in [-0.2, -0.15) is 0 Å². The molecule has 0 aromatic heterocycles. The lowest BCUT2D eigenvalue weighted by molar-refractivity contribution is -0.136. The first-order valence-electron chi connectivity index (χ1n) is 9.34. The molecule has 1 atom stereocenters. The van der Waals surface area contributed by atoms with Crippen molar-refractivity contribution in [1.29, 1.82) is 0 Å². The largest absolute Gasteiger partial charge is 0.348 e. The van der Waals surface area contributed by atoms with Crippen LogP contribution in [-0.4, -0.2) is 54.3 Å². The molecule has 0 bridgehead atoms. The molecule has 1 N–H and O–H groups in total. The summed E-state index contributed by atoms with van der Waals surface area (Å²) in [5, 5.41) is 3.07. The molecule has 0 radical (unpaired) electrons. The third-order valence-electron chi connectivity index (χ3n) is 4.76. The van der Waals surface area contributed by atoms with Gasteiger partial charge in [0, 0.05) is 32.1 Å². The summed E-state index contributed by atoms with van der Waals surface area (Å²) in [5.41, 5.74) is 0.905. The van der Waals surface area contributed by atoms with Crippen LogP contribution in [0.4, 0.5) is 4.39 Å². The smallest absolute Gasteiger partial charge is 0.234 e. The van der Waals surface area contributed by atoms with Crippen molar-refractivity contribution in [1.82, 2.24) is 15.1 Å². The van der Waals surface area contributed by atoms with Crippen LogP contribution in [-0.2, 0) is 9.59 Å². The first-order chi connectivity index (χ1) is 12.3. The van der Waals surface area contributed by atoms with Gasteiger partial charge >= 0.3 is 0 Å². The average Bonchev–Trinajstić information content (AvgIpc) is 2.60. The minimum absolute atomic E-state index is 0.00681. The number of nitrogens with zero attached hydrogens (tertiary/aromatic N) is 2. The van der Waals surface area contributed by atoms with Gasteiger partial charge in [0.1, 0.15) is 5.82 Å². The first-order valence-corrected chi connectivity index (χ1v) is 9.34. The van der Waals surface area contributed by atoms with E-state index in [0.29, 0.717) is 32.7 Å². The molecule has 1 fully saturated rings. The quantitative estimate of drug-likeness (QED) is 0.845. The Bertz CT molecular complexity index is 608. The minimum atomic E-state index is -0.281. The van der Waals surface area contributed by atoms with Crippen molar-refractivity contribution >= 4 is 11.8 Å². The number of carbonyl (C=O) groups is 2.